The fourth-order valence-electron chi connectivity index (χ4n) is 3.74. The van der Waals surface area contributed by atoms with Gasteiger partial charge in [-0.05, 0) is 37.1 Å². The minimum atomic E-state index is -0.509. The summed E-state index contributed by atoms with van der Waals surface area (Å²) < 4.78 is 7.15. The molecule has 1 amide bonds. The van der Waals surface area contributed by atoms with E-state index in [-0.39, 0.29) is 11.3 Å². The third kappa shape index (κ3) is 4.78. The molecule has 0 spiro atoms. The lowest BCUT2D eigenvalue weighted by molar-refractivity contribution is -0.384. The molecule has 2 N–H and O–H groups in total. The zero-order valence-corrected chi connectivity index (χ0v) is 17.8. The van der Waals surface area contributed by atoms with Crippen LogP contribution in [0.4, 0.5) is 17.1 Å². The lowest BCUT2D eigenvalue weighted by Gasteiger charge is -2.11. The molecule has 0 atom stereocenters. The number of ether oxygens (including phenoxy) is 1. The number of fused-ring (bicyclic) bond motifs is 1. The number of rotatable bonds is 8. The van der Waals surface area contributed by atoms with Crippen molar-refractivity contribution in [2.24, 2.45) is 0 Å². The first kappa shape index (κ1) is 21.5. The highest BCUT2D eigenvalue weighted by Crippen LogP contribution is 2.27. The fraction of sp³-hybridized carbons (Fsp3) is 0.304. The van der Waals surface area contributed by atoms with Crippen molar-refractivity contribution in [3.05, 3.63) is 70.2 Å². The van der Waals surface area contributed by atoms with Crippen molar-refractivity contribution in [1.29, 1.82) is 0 Å². The van der Waals surface area contributed by atoms with E-state index >= 15 is 0 Å². The molecule has 0 unspecified atom stereocenters. The van der Waals surface area contributed by atoms with E-state index in [1.807, 2.05) is 12.1 Å². The van der Waals surface area contributed by atoms with E-state index in [9.17, 15) is 14.9 Å². The van der Waals surface area contributed by atoms with Gasteiger partial charge in [0.25, 0.3) is 11.6 Å². The van der Waals surface area contributed by atoms with Crippen LogP contribution in [0.15, 0.2) is 48.7 Å². The number of nitro benzene ring substituents is 1. The molecule has 9 heteroatoms. The topological polar surface area (TPSA) is 111 Å². The van der Waals surface area contributed by atoms with Crippen molar-refractivity contribution in [2.75, 3.05) is 30.9 Å². The van der Waals surface area contributed by atoms with E-state index in [0.717, 1.165) is 30.0 Å². The van der Waals surface area contributed by atoms with E-state index in [4.69, 9.17) is 9.72 Å². The van der Waals surface area contributed by atoms with Gasteiger partial charge in [0, 0.05) is 55.7 Å². The first-order chi connectivity index (χ1) is 15.5. The van der Waals surface area contributed by atoms with Crippen LogP contribution in [0.5, 0.6) is 0 Å². The van der Waals surface area contributed by atoms with Gasteiger partial charge in [-0.3, -0.25) is 14.9 Å². The predicted octanol–water partition coefficient (Wildman–Crippen LogP) is 4.11. The van der Waals surface area contributed by atoms with Crippen LogP contribution in [0, 0.1) is 10.1 Å². The van der Waals surface area contributed by atoms with Gasteiger partial charge in [-0.25, -0.2) is 4.98 Å². The highest BCUT2D eigenvalue weighted by Gasteiger charge is 2.18. The number of nitrogens with zero attached hydrogens (tertiary/aromatic N) is 3. The van der Waals surface area contributed by atoms with Gasteiger partial charge in [0.15, 0.2) is 0 Å². The third-order valence-corrected chi connectivity index (χ3v) is 5.43. The van der Waals surface area contributed by atoms with Gasteiger partial charge in [0.2, 0.25) is 0 Å². The molecule has 1 aliphatic heterocycles. The lowest BCUT2D eigenvalue weighted by Crippen LogP contribution is -2.13. The van der Waals surface area contributed by atoms with Crippen LogP contribution in [0.1, 0.15) is 29.0 Å². The van der Waals surface area contributed by atoms with Crippen molar-refractivity contribution in [3.8, 4) is 11.3 Å². The quantitative estimate of drug-likeness (QED) is 0.313. The highest BCUT2D eigenvalue weighted by atomic mass is 16.6. The van der Waals surface area contributed by atoms with E-state index in [0.29, 0.717) is 24.5 Å². The molecule has 0 bridgehead atoms. The Morgan fingerprint density at radius 3 is 2.75 bits per heavy atom. The van der Waals surface area contributed by atoms with Crippen LogP contribution in [-0.2, 0) is 17.7 Å². The summed E-state index contributed by atoms with van der Waals surface area (Å²) in [7, 11) is 1.55. The number of amides is 1. The standard InChI is InChI=1S/C23H25N5O4/c1-32-13-11-24-19-10-7-17(14-21(19)28(30)31)23(29)25-18-8-5-16(6-9-18)20-15-27-12-3-2-4-22(27)26-20/h5-10,14-15,24H,2-4,11-13H2,1H3,(H,25,29). The number of carbonyl (C=O) groups is 1. The van der Waals surface area contributed by atoms with Crippen molar-refractivity contribution < 1.29 is 14.5 Å². The predicted molar refractivity (Wildman–Crippen MR) is 122 cm³/mol. The largest absolute Gasteiger partial charge is 0.383 e. The molecule has 0 fully saturated rings. The monoisotopic (exact) mass is 435 g/mol. The summed E-state index contributed by atoms with van der Waals surface area (Å²) in [6.07, 6.45) is 5.42. The number of nitro groups is 1. The number of aryl methyl sites for hydroxylation is 2. The molecule has 2 aromatic carbocycles. The number of anilines is 2. The molecule has 0 saturated carbocycles. The zero-order chi connectivity index (χ0) is 22.5. The Kier molecular flexibility index (Phi) is 6.46. The average Bonchev–Trinajstić information content (AvgIpc) is 3.24. The van der Waals surface area contributed by atoms with Crippen molar-refractivity contribution in [2.45, 2.75) is 25.8 Å². The van der Waals surface area contributed by atoms with E-state index < -0.39 is 10.8 Å². The Balaban J connectivity index is 1.46. The summed E-state index contributed by atoms with van der Waals surface area (Å²) in [5.74, 6) is 0.701. The Morgan fingerprint density at radius 2 is 2.03 bits per heavy atom. The highest BCUT2D eigenvalue weighted by molar-refractivity contribution is 6.05. The molecule has 166 valence electrons. The van der Waals surface area contributed by atoms with Gasteiger partial charge in [0.05, 0.1) is 17.2 Å². The number of hydrogen-bond acceptors (Lipinski definition) is 6. The van der Waals surface area contributed by atoms with Gasteiger partial charge in [-0.2, -0.15) is 0 Å². The SMILES string of the molecule is COCCNc1ccc(C(=O)Nc2ccc(-c3cn4c(n3)CCCC4)cc2)cc1[N+](=O)[O-]. The van der Waals surface area contributed by atoms with E-state index in [1.165, 1.54) is 25.0 Å². The summed E-state index contributed by atoms with van der Waals surface area (Å²) in [4.78, 5) is 28.3. The number of methoxy groups -OCH3 is 1. The number of nitrogens with one attached hydrogen (secondary N) is 2. The Labute approximate surface area is 185 Å². The van der Waals surface area contributed by atoms with Gasteiger partial charge < -0.3 is 19.9 Å². The Bertz CT molecular complexity index is 1100. The minimum absolute atomic E-state index is 0.159. The second-order valence-corrected chi connectivity index (χ2v) is 7.63. The molecular formula is C23H25N5O4. The van der Waals surface area contributed by atoms with Crippen LogP contribution in [-0.4, -0.2) is 40.6 Å². The minimum Gasteiger partial charge on any atom is -0.383 e. The summed E-state index contributed by atoms with van der Waals surface area (Å²) in [5, 5.41) is 17.2. The molecule has 32 heavy (non-hydrogen) atoms. The van der Waals surface area contributed by atoms with Crippen LogP contribution < -0.4 is 10.6 Å². The van der Waals surface area contributed by atoms with Crippen LogP contribution >= 0.6 is 0 Å². The molecular weight excluding hydrogens is 410 g/mol. The molecule has 1 aromatic heterocycles. The molecule has 2 heterocycles. The van der Waals surface area contributed by atoms with Crippen LogP contribution in [0.3, 0.4) is 0 Å². The van der Waals surface area contributed by atoms with Crippen molar-refractivity contribution >= 4 is 23.0 Å². The third-order valence-electron chi connectivity index (χ3n) is 5.43. The van der Waals surface area contributed by atoms with Crippen LogP contribution in [0.25, 0.3) is 11.3 Å². The maximum atomic E-state index is 12.7. The summed E-state index contributed by atoms with van der Waals surface area (Å²) in [5.41, 5.74) is 2.90. The average molecular weight is 435 g/mol. The Morgan fingerprint density at radius 1 is 1.22 bits per heavy atom. The summed E-state index contributed by atoms with van der Waals surface area (Å²) in [6, 6.07) is 11.8. The van der Waals surface area contributed by atoms with E-state index in [2.05, 4.69) is 21.4 Å². The summed E-state index contributed by atoms with van der Waals surface area (Å²) >= 11 is 0. The fourth-order valence-corrected chi connectivity index (χ4v) is 3.74. The maximum absolute atomic E-state index is 12.7. The first-order valence-corrected chi connectivity index (χ1v) is 10.5. The van der Waals surface area contributed by atoms with Gasteiger partial charge >= 0.3 is 0 Å². The number of carbonyl (C=O) groups excluding carboxylic acids is 1. The molecule has 9 nitrogen and oxygen atoms in total. The van der Waals surface area contributed by atoms with Crippen LogP contribution in [0.2, 0.25) is 0 Å². The zero-order valence-electron chi connectivity index (χ0n) is 17.8. The summed E-state index contributed by atoms with van der Waals surface area (Å²) in [6.45, 7) is 1.84. The molecule has 0 aliphatic carbocycles. The molecule has 0 saturated heterocycles. The second-order valence-electron chi connectivity index (χ2n) is 7.63. The lowest BCUT2D eigenvalue weighted by atomic mass is 10.1. The molecule has 0 radical (unpaired) electrons. The van der Waals surface area contributed by atoms with Crippen molar-refractivity contribution in [1.82, 2.24) is 9.55 Å². The first-order valence-electron chi connectivity index (χ1n) is 10.5. The van der Waals surface area contributed by atoms with E-state index in [1.54, 1.807) is 25.3 Å². The molecule has 1 aliphatic rings. The van der Waals surface area contributed by atoms with Gasteiger partial charge in [0.1, 0.15) is 11.5 Å². The number of hydrogen-bond donors (Lipinski definition) is 2. The van der Waals surface area contributed by atoms with Crippen molar-refractivity contribution in [3.63, 3.8) is 0 Å². The molecule has 3 aromatic rings. The Hall–Kier alpha value is -3.72. The van der Waals surface area contributed by atoms with Gasteiger partial charge in [-0.1, -0.05) is 12.1 Å². The second kappa shape index (κ2) is 9.61. The number of imidazole rings is 1. The maximum Gasteiger partial charge on any atom is 0.293 e. The normalized spacial score (nSPS) is 12.8. The smallest absolute Gasteiger partial charge is 0.293 e. The number of aromatic nitrogens is 2. The van der Waals surface area contributed by atoms with Gasteiger partial charge in [-0.15, -0.1) is 0 Å². The molecule has 4 rings (SSSR count). The number of benzene rings is 2.